The van der Waals surface area contributed by atoms with Gasteiger partial charge in [-0.1, -0.05) is 12.2 Å². The van der Waals surface area contributed by atoms with Gasteiger partial charge in [0.1, 0.15) is 0 Å². The molecule has 0 aromatic rings. The van der Waals surface area contributed by atoms with Crippen LogP contribution in [-0.4, -0.2) is 18.8 Å². The Kier molecular flexibility index (Phi) is 5.65. The minimum Gasteiger partial charge on any atom is -0.394 e. The highest BCUT2D eigenvalue weighted by molar-refractivity contribution is 5.00. The Hall–Kier alpha value is -0.760. The summed E-state index contributed by atoms with van der Waals surface area (Å²) in [6.07, 6.45) is 7.03. The van der Waals surface area contributed by atoms with Gasteiger partial charge in [0.25, 0.3) is 0 Å². The highest BCUT2D eigenvalue weighted by Gasteiger charge is 1.60. The Labute approximate surface area is 49.5 Å². The minimum atomic E-state index is 0.105. The largest absolute Gasteiger partial charge is 0.394 e. The summed E-state index contributed by atoms with van der Waals surface area (Å²) in [5.41, 5.74) is 0. The number of aliphatic hydroxyl groups excluding tert-OH is 1. The number of nitrogens with one attached hydrogen (secondary N) is 1. The molecule has 0 aliphatic carbocycles. The van der Waals surface area contributed by atoms with Gasteiger partial charge in [-0.2, -0.15) is 0 Å². The summed E-state index contributed by atoms with van der Waals surface area (Å²) in [5.74, 6) is 0. The van der Waals surface area contributed by atoms with Crippen molar-refractivity contribution in [2.24, 2.45) is 0 Å². The van der Waals surface area contributed by atoms with E-state index >= 15 is 0 Å². The predicted molar refractivity (Wildman–Crippen MR) is 34.4 cm³/mol. The molecule has 0 amide bonds. The van der Waals surface area contributed by atoms with Crippen molar-refractivity contribution >= 4 is 0 Å². The van der Waals surface area contributed by atoms with E-state index in [2.05, 4.69) is 5.32 Å². The molecular formula is C6H11NO. The summed E-state index contributed by atoms with van der Waals surface area (Å²) in [7, 11) is 1.82. The van der Waals surface area contributed by atoms with Gasteiger partial charge in [-0.05, 0) is 12.3 Å². The monoisotopic (exact) mass is 113 g/mol. The lowest BCUT2D eigenvalue weighted by Crippen LogP contribution is -1.89. The average molecular weight is 113 g/mol. The number of hydrogen-bond donors (Lipinski definition) is 2. The zero-order chi connectivity index (χ0) is 6.24. The van der Waals surface area contributed by atoms with Crippen molar-refractivity contribution in [1.82, 2.24) is 5.32 Å². The molecule has 0 spiro atoms. The van der Waals surface area contributed by atoms with Crippen LogP contribution in [0.3, 0.4) is 0 Å². The molecule has 2 heteroatoms. The molecule has 8 heavy (non-hydrogen) atoms. The van der Waals surface area contributed by atoms with Crippen LogP contribution in [0, 0.1) is 0 Å². The van der Waals surface area contributed by atoms with Crippen LogP contribution in [0.25, 0.3) is 0 Å². The molecule has 0 radical (unpaired) electrons. The van der Waals surface area contributed by atoms with E-state index in [-0.39, 0.29) is 6.61 Å². The molecular weight excluding hydrogens is 102 g/mol. The van der Waals surface area contributed by atoms with E-state index in [1.54, 1.807) is 18.4 Å². The van der Waals surface area contributed by atoms with Gasteiger partial charge in [0.15, 0.2) is 0 Å². The first kappa shape index (κ1) is 7.24. The Balaban J connectivity index is 3.13. The maximum Gasteiger partial charge on any atom is 0.0615 e. The molecule has 0 aromatic heterocycles. The lowest BCUT2D eigenvalue weighted by atomic mass is 10.5. The first-order valence-corrected chi connectivity index (χ1v) is 2.51. The van der Waals surface area contributed by atoms with Gasteiger partial charge >= 0.3 is 0 Å². The summed E-state index contributed by atoms with van der Waals surface area (Å²) < 4.78 is 0. The molecule has 0 atom stereocenters. The second kappa shape index (κ2) is 6.24. The predicted octanol–water partition coefficient (Wildman–Crippen LogP) is 0.268. The fourth-order valence-corrected chi connectivity index (χ4v) is 0.291. The Bertz CT molecular complexity index is 74.5. The molecule has 0 rings (SSSR count). The SMILES string of the molecule is CN/C=C\C=C/CO. The molecule has 0 saturated heterocycles. The number of aliphatic hydroxyl groups is 1. The summed E-state index contributed by atoms with van der Waals surface area (Å²) in [6.45, 7) is 0.105. The van der Waals surface area contributed by atoms with E-state index < -0.39 is 0 Å². The molecule has 0 fully saturated rings. The van der Waals surface area contributed by atoms with Gasteiger partial charge in [0.2, 0.25) is 0 Å². The Morgan fingerprint density at radius 2 is 2.25 bits per heavy atom. The van der Waals surface area contributed by atoms with Gasteiger partial charge < -0.3 is 10.4 Å². The van der Waals surface area contributed by atoms with Crippen molar-refractivity contribution in [3.05, 3.63) is 24.4 Å². The zero-order valence-corrected chi connectivity index (χ0v) is 4.96. The maximum atomic E-state index is 8.22. The number of hydrogen-bond acceptors (Lipinski definition) is 2. The van der Waals surface area contributed by atoms with E-state index in [4.69, 9.17) is 5.11 Å². The van der Waals surface area contributed by atoms with Crippen LogP contribution in [0.15, 0.2) is 24.4 Å². The third kappa shape index (κ3) is 5.24. The molecule has 46 valence electrons. The minimum absolute atomic E-state index is 0.105. The van der Waals surface area contributed by atoms with Gasteiger partial charge in [-0.15, -0.1) is 0 Å². The van der Waals surface area contributed by atoms with Crippen LogP contribution in [-0.2, 0) is 0 Å². The van der Waals surface area contributed by atoms with Crippen LogP contribution in [0.4, 0.5) is 0 Å². The summed E-state index contributed by atoms with van der Waals surface area (Å²) in [6, 6.07) is 0. The van der Waals surface area contributed by atoms with E-state index in [1.807, 2.05) is 13.1 Å². The molecule has 2 nitrogen and oxygen atoms in total. The first-order chi connectivity index (χ1) is 3.91. The van der Waals surface area contributed by atoms with Crippen molar-refractivity contribution in [3.63, 3.8) is 0 Å². The van der Waals surface area contributed by atoms with Crippen molar-refractivity contribution in [3.8, 4) is 0 Å². The van der Waals surface area contributed by atoms with Crippen LogP contribution >= 0.6 is 0 Å². The summed E-state index contributed by atoms with van der Waals surface area (Å²) in [4.78, 5) is 0. The van der Waals surface area contributed by atoms with E-state index in [9.17, 15) is 0 Å². The van der Waals surface area contributed by atoms with Crippen molar-refractivity contribution in [2.45, 2.75) is 0 Å². The molecule has 0 saturated carbocycles. The topological polar surface area (TPSA) is 32.3 Å². The fraction of sp³-hybridized carbons (Fsp3) is 0.333. The summed E-state index contributed by atoms with van der Waals surface area (Å²) in [5, 5.41) is 11.0. The van der Waals surface area contributed by atoms with Crippen molar-refractivity contribution in [1.29, 1.82) is 0 Å². The van der Waals surface area contributed by atoms with Crippen LogP contribution in [0.1, 0.15) is 0 Å². The van der Waals surface area contributed by atoms with E-state index in [0.29, 0.717) is 0 Å². The van der Waals surface area contributed by atoms with Gasteiger partial charge in [0, 0.05) is 7.05 Å². The molecule has 0 aromatic carbocycles. The third-order valence-electron chi connectivity index (χ3n) is 0.615. The van der Waals surface area contributed by atoms with Crippen LogP contribution in [0.2, 0.25) is 0 Å². The Morgan fingerprint density at radius 1 is 1.50 bits per heavy atom. The summed E-state index contributed by atoms with van der Waals surface area (Å²) >= 11 is 0. The van der Waals surface area contributed by atoms with Gasteiger partial charge in [0.05, 0.1) is 6.61 Å². The number of rotatable bonds is 3. The molecule has 0 aliphatic heterocycles. The normalized spacial score (nSPS) is 11.2. The van der Waals surface area contributed by atoms with Crippen LogP contribution < -0.4 is 5.32 Å². The van der Waals surface area contributed by atoms with Gasteiger partial charge in [-0.3, -0.25) is 0 Å². The van der Waals surface area contributed by atoms with Crippen molar-refractivity contribution < 1.29 is 5.11 Å². The third-order valence-corrected chi connectivity index (χ3v) is 0.615. The standard InChI is InChI=1S/C6H11NO/c1-7-5-3-2-4-6-8/h2-5,7-8H,6H2,1H3/b4-2-,5-3-. The Morgan fingerprint density at radius 3 is 2.75 bits per heavy atom. The smallest absolute Gasteiger partial charge is 0.0615 e. The molecule has 0 bridgehead atoms. The van der Waals surface area contributed by atoms with Gasteiger partial charge in [-0.25, -0.2) is 0 Å². The highest BCUT2D eigenvalue weighted by Crippen LogP contribution is 1.71. The molecule has 0 unspecified atom stereocenters. The number of allylic oxidation sites excluding steroid dienone is 2. The second-order valence-corrected chi connectivity index (χ2v) is 1.26. The maximum absolute atomic E-state index is 8.22. The van der Waals surface area contributed by atoms with Crippen molar-refractivity contribution in [2.75, 3.05) is 13.7 Å². The lowest BCUT2D eigenvalue weighted by Gasteiger charge is -1.79. The highest BCUT2D eigenvalue weighted by atomic mass is 16.2. The fourth-order valence-electron chi connectivity index (χ4n) is 0.291. The molecule has 0 aliphatic rings. The molecule has 0 heterocycles. The quantitative estimate of drug-likeness (QED) is 0.515. The van der Waals surface area contributed by atoms with Crippen LogP contribution in [0.5, 0.6) is 0 Å². The molecule has 2 N–H and O–H groups in total. The average Bonchev–Trinajstić information content (AvgIpc) is 1.81. The second-order valence-electron chi connectivity index (χ2n) is 1.26. The van der Waals surface area contributed by atoms with E-state index in [0.717, 1.165) is 0 Å². The lowest BCUT2D eigenvalue weighted by molar-refractivity contribution is 0.343. The van der Waals surface area contributed by atoms with E-state index in [1.165, 1.54) is 0 Å². The zero-order valence-electron chi connectivity index (χ0n) is 4.96. The first-order valence-electron chi connectivity index (χ1n) is 2.51.